The second kappa shape index (κ2) is 8.42. The van der Waals surface area contributed by atoms with Crippen LogP contribution in [-0.2, 0) is 14.9 Å². The maximum atomic E-state index is 12.6. The maximum Gasteiger partial charge on any atom is 0.339 e. The minimum atomic E-state index is -4.36. The molecule has 12 heteroatoms. The van der Waals surface area contributed by atoms with Crippen LogP contribution in [-0.4, -0.2) is 30.7 Å². The van der Waals surface area contributed by atoms with Crippen LogP contribution in [0.15, 0.2) is 46.2 Å². The molecule has 0 spiro atoms. The van der Waals surface area contributed by atoms with Crippen molar-refractivity contribution in [3.05, 3.63) is 62.5 Å². The normalized spacial score (nSPS) is 15.2. The summed E-state index contributed by atoms with van der Waals surface area (Å²) in [5.41, 5.74) is 0.547. The van der Waals surface area contributed by atoms with Gasteiger partial charge in [0.2, 0.25) is 0 Å². The quantitative estimate of drug-likeness (QED) is 0.225. The molecular formula is C18H14N2O7S3. The van der Waals surface area contributed by atoms with Gasteiger partial charge < -0.3 is 14.2 Å². The second-order valence-corrected chi connectivity index (χ2v) is 9.27. The van der Waals surface area contributed by atoms with E-state index >= 15 is 0 Å². The number of carbonyl (C=O) groups is 1. The molecule has 1 amide bonds. The van der Waals surface area contributed by atoms with Crippen molar-refractivity contribution in [1.82, 2.24) is 5.32 Å². The molecular weight excluding hydrogens is 452 g/mol. The van der Waals surface area contributed by atoms with E-state index in [9.17, 15) is 23.3 Å². The number of thiocarbonyl (C=S) groups is 1. The van der Waals surface area contributed by atoms with Crippen LogP contribution in [0.5, 0.6) is 11.5 Å². The Hall–Kier alpha value is -2.96. The number of nitrogens with zero attached hydrogens (tertiary/aromatic N) is 1. The zero-order valence-electron chi connectivity index (χ0n) is 15.6. The first-order valence-electron chi connectivity index (χ1n) is 8.23. The van der Waals surface area contributed by atoms with Gasteiger partial charge in [-0.3, -0.25) is 14.9 Å². The number of nitrogens with one attached hydrogen (secondary N) is 1. The Balaban J connectivity index is 1.92. The molecule has 0 unspecified atom stereocenters. The Morgan fingerprint density at radius 2 is 1.93 bits per heavy atom. The molecule has 1 heterocycles. The van der Waals surface area contributed by atoms with Gasteiger partial charge in [0.05, 0.1) is 16.9 Å². The number of thioether (sulfide) groups is 1. The lowest BCUT2D eigenvalue weighted by Gasteiger charge is -2.12. The van der Waals surface area contributed by atoms with Gasteiger partial charge in [0.15, 0.2) is 11.5 Å². The molecule has 2 aromatic carbocycles. The summed E-state index contributed by atoms with van der Waals surface area (Å²) in [6.45, 7) is 1.50. The Labute approximate surface area is 181 Å². The smallest absolute Gasteiger partial charge is 0.339 e. The first kappa shape index (κ1) is 21.7. The highest BCUT2D eigenvalue weighted by Gasteiger charge is 2.24. The summed E-state index contributed by atoms with van der Waals surface area (Å²) in [5.74, 6) is -0.338. The largest absolute Gasteiger partial charge is 0.493 e. The molecule has 2 aromatic rings. The number of ether oxygens (including phenoxy) is 1. The highest BCUT2D eigenvalue weighted by molar-refractivity contribution is 8.26. The van der Waals surface area contributed by atoms with Crippen LogP contribution in [0.1, 0.15) is 11.1 Å². The zero-order valence-corrected chi connectivity index (χ0v) is 18.0. The highest BCUT2D eigenvalue weighted by Crippen LogP contribution is 2.34. The monoisotopic (exact) mass is 466 g/mol. The van der Waals surface area contributed by atoms with Gasteiger partial charge in [-0.05, 0) is 36.8 Å². The number of hydrogen-bond acceptors (Lipinski definition) is 9. The average molecular weight is 467 g/mol. The van der Waals surface area contributed by atoms with Crippen LogP contribution in [0.25, 0.3) is 6.08 Å². The van der Waals surface area contributed by atoms with Crippen molar-refractivity contribution >= 4 is 56.1 Å². The van der Waals surface area contributed by atoms with Crippen molar-refractivity contribution in [1.29, 1.82) is 0 Å². The lowest BCUT2D eigenvalue weighted by Crippen LogP contribution is -2.17. The van der Waals surface area contributed by atoms with Crippen molar-refractivity contribution in [2.24, 2.45) is 0 Å². The molecule has 156 valence electrons. The van der Waals surface area contributed by atoms with Crippen molar-refractivity contribution in [2.45, 2.75) is 11.8 Å². The Morgan fingerprint density at radius 3 is 2.53 bits per heavy atom. The van der Waals surface area contributed by atoms with Crippen LogP contribution < -0.4 is 14.2 Å². The summed E-state index contributed by atoms with van der Waals surface area (Å²) >= 11 is 6.04. The molecule has 30 heavy (non-hydrogen) atoms. The van der Waals surface area contributed by atoms with Crippen LogP contribution in [0.2, 0.25) is 0 Å². The average Bonchev–Trinajstić information content (AvgIpc) is 2.99. The minimum Gasteiger partial charge on any atom is -0.493 e. The number of methoxy groups -OCH3 is 1. The molecule has 0 aliphatic carbocycles. The van der Waals surface area contributed by atoms with Crippen LogP contribution in [0.3, 0.4) is 0 Å². The zero-order chi connectivity index (χ0) is 22.1. The number of amides is 1. The van der Waals surface area contributed by atoms with Gasteiger partial charge in [0, 0.05) is 11.6 Å². The van der Waals surface area contributed by atoms with E-state index in [1.54, 1.807) is 6.08 Å². The van der Waals surface area contributed by atoms with E-state index in [0.717, 1.165) is 17.8 Å². The number of aryl methyl sites for hydroxylation is 1. The summed E-state index contributed by atoms with van der Waals surface area (Å²) in [6, 6.07) is 7.88. The number of benzene rings is 2. The van der Waals surface area contributed by atoms with Gasteiger partial charge in [-0.15, -0.1) is 0 Å². The minimum absolute atomic E-state index is 0.0977. The van der Waals surface area contributed by atoms with E-state index < -0.39 is 15.0 Å². The van der Waals surface area contributed by atoms with E-state index in [4.69, 9.17) is 21.1 Å². The summed E-state index contributed by atoms with van der Waals surface area (Å²) in [5, 5.41) is 13.6. The van der Waals surface area contributed by atoms with Gasteiger partial charge in [-0.1, -0.05) is 36.1 Å². The van der Waals surface area contributed by atoms with Crippen molar-refractivity contribution in [2.75, 3.05) is 7.11 Å². The Kier molecular flexibility index (Phi) is 6.10. The Bertz CT molecular complexity index is 1210. The molecule has 0 radical (unpaired) electrons. The number of nitro benzene ring substituents is 1. The predicted octanol–water partition coefficient (Wildman–Crippen LogP) is 3.17. The summed E-state index contributed by atoms with van der Waals surface area (Å²) in [6.07, 6.45) is 1.57. The standard InChI is InChI=1S/C18H14N2O7S3/c1-10-3-5-12(9-13(10)20(22)23)30(24,25)27-14-6-4-11(7-15(14)26-2)8-16-17(21)19-18(28)29-16/h3-9H,1-2H3,(H,19,21,28)/b16-8+. The third-order valence-corrected chi connectivity index (χ3v) is 6.39. The van der Waals surface area contributed by atoms with Gasteiger partial charge in [0.25, 0.3) is 11.6 Å². The molecule has 1 aliphatic rings. The number of hydrogen-bond donors (Lipinski definition) is 1. The van der Waals surface area contributed by atoms with Crippen molar-refractivity contribution in [3.63, 3.8) is 0 Å². The highest BCUT2D eigenvalue weighted by atomic mass is 32.2. The fourth-order valence-corrected chi connectivity index (χ4v) is 4.53. The third-order valence-electron chi connectivity index (χ3n) is 3.99. The number of nitro groups is 1. The van der Waals surface area contributed by atoms with Crippen molar-refractivity contribution in [3.8, 4) is 11.5 Å². The van der Waals surface area contributed by atoms with E-state index in [-0.39, 0.29) is 28.0 Å². The molecule has 1 fully saturated rings. The van der Waals surface area contributed by atoms with Gasteiger partial charge in [0.1, 0.15) is 9.22 Å². The molecule has 0 saturated carbocycles. The first-order chi connectivity index (χ1) is 14.1. The van der Waals surface area contributed by atoms with E-state index in [1.807, 2.05) is 0 Å². The lowest BCUT2D eigenvalue weighted by molar-refractivity contribution is -0.385. The predicted molar refractivity (Wildman–Crippen MR) is 115 cm³/mol. The molecule has 9 nitrogen and oxygen atoms in total. The lowest BCUT2D eigenvalue weighted by atomic mass is 10.2. The molecule has 0 atom stereocenters. The van der Waals surface area contributed by atoms with E-state index in [1.165, 1.54) is 44.4 Å². The molecule has 1 aliphatic heterocycles. The van der Waals surface area contributed by atoms with Crippen LogP contribution in [0, 0.1) is 17.0 Å². The fourth-order valence-electron chi connectivity index (χ4n) is 2.52. The molecule has 3 rings (SSSR count). The van der Waals surface area contributed by atoms with Gasteiger partial charge in [-0.2, -0.15) is 8.42 Å². The Morgan fingerprint density at radius 1 is 1.20 bits per heavy atom. The summed E-state index contributed by atoms with van der Waals surface area (Å²) in [4.78, 5) is 22.2. The topological polar surface area (TPSA) is 125 Å². The van der Waals surface area contributed by atoms with Crippen LogP contribution >= 0.6 is 24.0 Å². The number of carbonyl (C=O) groups excluding carboxylic acids is 1. The molecule has 1 N–H and O–H groups in total. The molecule has 0 bridgehead atoms. The molecule has 0 aromatic heterocycles. The summed E-state index contributed by atoms with van der Waals surface area (Å²) in [7, 11) is -3.03. The van der Waals surface area contributed by atoms with Crippen molar-refractivity contribution < 1.29 is 27.1 Å². The second-order valence-electron chi connectivity index (χ2n) is 6.01. The first-order valence-corrected chi connectivity index (χ1v) is 10.9. The van der Waals surface area contributed by atoms with Gasteiger partial charge >= 0.3 is 10.1 Å². The van der Waals surface area contributed by atoms with Crippen LogP contribution in [0.4, 0.5) is 5.69 Å². The summed E-state index contributed by atoms with van der Waals surface area (Å²) < 4.78 is 35.9. The third kappa shape index (κ3) is 4.61. The van der Waals surface area contributed by atoms with E-state index in [0.29, 0.717) is 20.4 Å². The van der Waals surface area contributed by atoms with E-state index in [2.05, 4.69) is 5.32 Å². The van der Waals surface area contributed by atoms with Gasteiger partial charge in [-0.25, -0.2) is 0 Å². The fraction of sp³-hybridized carbons (Fsp3) is 0.111. The number of rotatable bonds is 6. The molecule has 1 saturated heterocycles. The SMILES string of the molecule is COc1cc(/C=C2/SC(=S)NC2=O)ccc1OS(=O)(=O)c1ccc(C)c([N+](=O)[O-])c1. The maximum absolute atomic E-state index is 12.6.